The number of nitrogens with one attached hydrogen (secondary N) is 1. The Bertz CT molecular complexity index is 1020. The van der Waals surface area contributed by atoms with Crippen LogP contribution in [0, 0.1) is 0 Å². The van der Waals surface area contributed by atoms with E-state index in [1.165, 1.54) is 28.3 Å². The summed E-state index contributed by atoms with van der Waals surface area (Å²) in [5, 5.41) is 4.66. The molecule has 1 aromatic heterocycles. The summed E-state index contributed by atoms with van der Waals surface area (Å²) in [5.41, 5.74) is 2.16. The molecule has 0 fully saturated rings. The summed E-state index contributed by atoms with van der Waals surface area (Å²) >= 11 is 1.17. The molecule has 0 saturated heterocycles. The van der Waals surface area contributed by atoms with Gasteiger partial charge in [-0.25, -0.2) is 8.42 Å². The standard InChI is InChI=1S/C21H22N2O3S2/c1-16(17-7-4-3-5-8-17)15-22-21(24)18-10-12-19(13-11-18)23(2)28(25,26)20-9-6-14-27-20/h3-14,16H,15H2,1-2H3,(H,22,24)/t16-/m0/s1. The van der Waals surface area contributed by atoms with Gasteiger partial charge in [0.1, 0.15) is 4.21 Å². The number of carbonyl (C=O) groups excluding carboxylic acids is 1. The zero-order chi connectivity index (χ0) is 20.1. The van der Waals surface area contributed by atoms with Gasteiger partial charge in [-0.15, -0.1) is 11.3 Å². The lowest BCUT2D eigenvalue weighted by Crippen LogP contribution is -2.28. The van der Waals surface area contributed by atoms with Crippen molar-refractivity contribution in [1.82, 2.24) is 5.32 Å². The third-order valence-electron chi connectivity index (χ3n) is 4.54. The topological polar surface area (TPSA) is 66.5 Å². The highest BCUT2D eigenvalue weighted by Gasteiger charge is 2.22. The van der Waals surface area contributed by atoms with Crippen molar-refractivity contribution < 1.29 is 13.2 Å². The molecule has 0 radical (unpaired) electrons. The SMILES string of the molecule is C[C@@H](CNC(=O)c1ccc(N(C)S(=O)(=O)c2cccs2)cc1)c1ccccc1. The molecule has 0 unspecified atom stereocenters. The molecule has 1 heterocycles. The molecule has 1 amide bonds. The molecule has 2 aromatic carbocycles. The summed E-state index contributed by atoms with van der Waals surface area (Å²) in [5.74, 6) is 0.0181. The zero-order valence-corrected chi connectivity index (χ0v) is 17.3. The molecule has 5 nitrogen and oxygen atoms in total. The number of anilines is 1. The Kier molecular flexibility index (Phi) is 6.16. The maximum atomic E-state index is 12.6. The second kappa shape index (κ2) is 8.58. The van der Waals surface area contributed by atoms with Crippen molar-refractivity contribution in [3.63, 3.8) is 0 Å². The molecule has 3 aromatic rings. The summed E-state index contributed by atoms with van der Waals surface area (Å²) in [6.07, 6.45) is 0. The summed E-state index contributed by atoms with van der Waals surface area (Å²) in [4.78, 5) is 12.4. The van der Waals surface area contributed by atoms with Crippen LogP contribution in [-0.2, 0) is 10.0 Å². The molecule has 1 atom stereocenters. The molecule has 146 valence electrons. The van der Waals surface area contributed by atoms with Gasteiger partial charge in [-0.2, -0.15) is 0 Å². The number of thiophene rings is 1. The van der Waals surface area contributed by atoms with E-state index < -0.39 is 10.0 Å². The minimum atomic E-state index is -3.58. The van der Waals surface area contributed by atoms with Gasteiger partial charge in [0.2, 0.25) is 0 Å². The van der Waals surface area contributed by atoms with Crippen LogP contribution in [0.1, 0.15) is 28.8 Å². The highest BCUT2D eigenvalue weighted by atomic mass is 32.2. The monoisotopic (exact) mass is 414 g/mol. The average Bonchev–Trinajstić information content (AvgIpc) is 3.28. The van der Waals surface area contributed by atoms with Gasteiger partial charge in [-0.1, -0.05) is 43.3 Å². The van der Waals surface area contributed by atoms with Crippen molar-refractivity contribution in [2.45, 2.75) is 17.1 Å². The van der Waals surface area contributed by atoms with Crippen LogP contribution in [-0.4, -0.2) is 27.9 Å². The number of benzene rings is 2. The van der Waals surface area contributed by atoms with E-state index in [0.717, 1.165) is 0 Å². The summed E-state index contributed by atoms with van der Waals surface area (Å²) < 4.78 is 26.7. The van der Waals surface area contributed by atoms with Crippen molar-refractivity contribution in [3.05, 3.63) is 83.2 Å². The number of hydrogen-bond donors (Lipinski definition) is 1. The van der Waals surface area contributed by atoms with Gasteiger partial charge in [-0.05, 0) is 47.2 Å². The number of sulfonamides is 1. The zero-order valence-electron chi connectivity index (χ0n) is 15.7. The van der Waals surface area contributed by atoms with Crippen LogP contribution in [0.25, 0.3) is 0 Å². The van der Waals surface area contributed by atoms with Gasteiger partial charge >= 0.3 is 0 Å². The largest absolute Gasteiger partial charge is 0.351 e. The summed E-state index contributed by atoms with van der Waals surface area (Å²) in [6, 6.07) is 19.8. The number of hydrogen-bond acceptors (Lipinski definition) is 4. The first-order chi connectivity index (χ1) is 13.4. The van der Waals surface area contributed by atoms with Crippen LogP contribution < -0.4 is 9.62 Å². The van der Waals surface area contributed by atoms with Crippen LogP contribution in [0.5, 0.6) is 0 Å². The number of carbonyl (C=O) groups is 1. The highest BCUT2D eigenvalue weighted by Crippen LogP contribution is 2.25. The second-order valence-electron chi connectivity index (χ2n) is 6.47. The molecular formula is C21H22N2O3S2. The molecule has 28 heavy (non-hydrogen) atoms. The van der Waals surface area contributed by atoms with E-state index >= 15 is 0 Å². The Hall–Kier alpha value is -2.64. The van der Waals surface area contributed by atoms with Gasteiger partial charge < -0.3 is 5.32 Å². The predicted molar refractivity (Wildman–Crippen MR) is 114 cm³/mol. The Morgan fingerprint density at radius 2 is 1.71 bits per heavy atom. The molecule has 1 N–H and O–H groups in total. The molecule has 0 saturated carbocycles. The molecule has 0 spiro atoms. The lowest BCUT2D eigenvalue weighted by atomic mass is 10.0. The van der Waals surface area contributed by atoms with Crippen molar-refractivity contribution >= 4 is 33.0 Å². The molecule has 7 heteroatoms. The molecular weight excluding hydrogens is 392 g/mol. The molecule has 0 aliphatic rings. The Labute approximate surface area is 169 Å². The minimum absolute atomic E-state index is 0.182. The number of rotatable bonds is 7. The Balaban J connectivity index is 1.64. The van der Waals surface area contributed by atoms with Crippen LogP contribution in [0.15, 0.2) is 76.3 Å². The smallest absolute Gasteiger partial charge is 0.273 e. The molecule has 0 bridgehead atoms. The van der Waals surface area contributed by atoms with Crippen LogP contribution in [0.2, 0.25) is 0 Å². The molecule has 3 rings (SSSR count). The van der Waals surface area contributed by atoms with Gasteiger partial charge in [-0.3, -0.25) is 9.10 Å². The van der Waals surface area contributed by atoms with Gasteiger partial charge in [0.25, 0.3) is 15.9 Å². The maximum Gasteiger partial charge on any atom is 0.273 e. The van der Waals surface area contributed by atoms with Crippen molar-refractivity contribution in [3.8, 4) is 0 Å². The first kappa shape index (κ1) is 20.1. The van der Waals surface area contributed by atoms with E-state index in [4.69, 9.17) is 0 Å². The first-order valence-electron chi connectivity index (χ1n) is 8.85. The van der Waals surface area contributed by atoms with Gasteiger partial charge in [0, 0.05) is 19.2 Å². The Morgan fingerprint density at radius 3 is 2.32 bits per heavy atom. The summed E-state index contributed by atoms with van der Waals surface area (Å²) in [6.45, 7) is 2.58. The Morgan fingerprint density at radius 1 is 1.04 bits per heavy atom. The van der Waals surface area contributed by atoms with E-state index in [-0.39, 0.29) is 16.0 Å². The lowest BCUT2D eigenvalue weighted by Gasteiger charge is -2.19. The third-order valence-corrected chi connectivity index (χ3v) is 7.70. The highest BCUT2D eigenvalue weighted by molar-refractivity contribution is 7.94. The quantitative estimate of drug-likeness (QED) is 0.633. The van der Waals surface area contributed by atoms with Crippen LogP contribution in [0.3, 0.4) is 0 Å². The van der Waals surface area contributed by atoms with E-state index in [1.54, 1.807) is 41.8 Å². The summed E-state index contributed by atoms with van der Waals surface area (Å²) in [7, 11) is -2.08. The fraction of sp³-hybridized carbons (Fsp3) is 0.190. The van der Waals surface area contributed by atoms with Crippen LogP contribution >= 0.6 is 11.3 Å². The fourth-order valence-corrected chi connectivity index (χ4v) is 5.11. The number of nitrogens with zero attached hydrogens (tertiary/aromatic N) is 1. The lowest BCUT2D eigenvalue weighted by molar-refractivity contribution is 0.0951. The van der Waals surface area contributed by atoms with E-state index in [9.17, 15) is 13.2 Å². The van der Waals surface area contributed by atoms with Crippen molar-refractivity contribution in [1.29, 1.82) is 0 Å². The predicted octanol–water partition coefficient (Wildman–Crippen LogP) is 4.11. The second-order valence-corrected chi connectivity index (χ2v) is 9.62. The number of amides is 1. The normalized spacial score (nSPS) is 12.4. The molecule has 0 aliphatic heterocycles. The molecule has 0 aliphatic carbocycles. The first-order valence-corrected chi connectivity index (χ1v) is 11.2. The van der Waals surface area contributed by atoms with E-state index in [1.807, 2.05) is 30.3 Å². The van der Waals surface area contributed by atoms with Gasteiger partial charge in [0.15, 0.2) is 0 Å². The van der Waals surface area contributed by atoms with E-state index in [2.05, 4.69) is 12.2 Å². The maximum absolute atomic E-state index is 12.6. The van der Waals surface area contributed by atoms with E-state index in [0.29, 0.717) is 17.8 Å². The third kappa shape index (κ3) is 4.43. The minimum Gasteiger partial charge on any atom is -0.351 e. The van der Waals surface area contributed by atoms with Crippen molar-refractivity contribution in [2.75, 3.05) is 17.9 Å². The average molecular weight is 415 g/mol. The van der Waals surface area contributed by atoms with Gasteiger partial charge in [0.05, 0.1) is 5.69 Å². The fourth-order valence-electron chi connectivity index (χ4n) is 2.75. The van der Waals surface area contributed by atoms with Crippen molar-refractivity contribution in [2.24, 2.45) is 0 Å². The van der Waals surface area contributed by atoms with Crippen LogP contribution in [0.4, 0.5) is 5.69 Å².